The number of hydrogen-bond donors (Lipinski definition) is 0. The molecular weight excluding hydrogens is 286 g/mol. The van der Waals surface area contributed by atoms with E-state index in [0.29, 0.717) is 43.0 Å². The lowest BCUT2D eigenvalue weighted by molar-refractivity contribution is -0.146. The molecule has 1 fully saturated rings. The van der Waals surface area contributed by atoms with Gasteiger partial charge in [0, 0.05) is 13.1 Å². The topological polar surface area (TPSA) is 65.1 Å². The Kier molecular flexibility index (Phi) is 5.25. The number of ether oxygens (including phenoxy) is 3. The zero-order valence-electron chi connectivity index (χ0n) is 13.1. The molecule has 2 rings (SSSR count). The predicted molar refractivity (Wildman–Crippen MR) is 80.2 cm³/mol. The molecule has 22 heavy (non-hydrogen) atoms. The van der Waals surface area contributed by atoms with Crippen LogP contribution in [0.4, 0.5) is 0 Å². The van der Waals surface area contributed by atoms with Crippen molar-refractivity contribution in [3.63, 3.8) is 0 Å². The van der Waals surface area contributed by atoms with E-state index in [1.54, 1.807) is 23.1 Å². The molecule has 0 aliphatic carbocycles. The molecule has 0 aromatic heterocycles. The third kappa shape index (κ3) is 3.16. The maximum absolute atomic E-state index is 12.8. The van der Waals surface area contributed by atoms with Gasteiger partial charge in [-0.2, -0.15) is 0 Å². The van der Waals surface area contributed by atoms with Gasteiger partial charge in [-0.1, -0.05) is 6.07 Å². The summed E-state index contributed by atoms with van der Waals surface area (Å²) in [5.41, 5.74) is 0.420. The van der Waals surface area contributed by atoms with E-state index in [9.17, 15) is 9.59 Å². The van der Waals surface area contributed by atoms with Gasteiger partial charge in [0.1, 0.15) is 17.1 Å². The Balaban J connectivity index is 2.15. The van der Waals surface area contributed by atoms with Gasteiger partial charge in [0.25, 0.3) is 5.91 Å². The second-order valence-corrected chi connectivity index (χ2v) is 5.13. The summed E-state index contributed by atoms with van der Waals surface area (Å²) < 4.78 is 15.3. The molecule has 0 saturated carbocycles. The number of carbonyl (C=O) groups excluding carboxylic acids is 2. The van der Waals surface area contributed by atoms with Crippen LogP contribution in [0.3, 0.4) is 0 Å². The molecule has 6 heteroatoms. The second kappa shape index (κ2) is 7.15. The van der Waals surface area contributed by atoms with Gasteiger partial charge in [-0.15, -0.1) is 0 Å². The first-order valence-corrected chi connectivity index (χ1v) is 7.20. The van der Waals surface area contributed by atoms with Gasteiger partial charge in [-0.3, -0.25) is 9.59 Å². The molecule has 1 aromatic rings. The highest BCUT2D eigenvalue weighted by atomic mass is 16.5. The van der Waals surface area contributed by atoms with Crippen LogP contribution in [0.15, 0.2) is 18.2 Å². The molecule has 1 amide bonds. The average molecular weight is 307 g/mol. The van der Waals surface area contributed by atoms with Crippen LogP contribution in [0.5, 0.6) is 11.5 Å². The van der Waals surface area contributed by atoms with Crippen LogP contribution >= 0.6 is 0 Å². The minimum Gasteiger partial charge on any atom is -0.496 e. The van der Waals surface area contributed by atoms with Gasteiger partial charge in [-0.05, 0) is 25.0 Å². The zero-order valence-corrected chi connectivity index (χ0v) is 13.1. The van der Waals surface area contributed by atoms with Crippen LogP contribution in [-0.2, 0) is 9.53 Å². The number of carbonyl (C=O) groups is 2. The van der Waals surface area contributed by atoms with Crippen LogP contribution in [0.1, 0.15) is 23.2 Å². The van der Waals surface area contributed by atoms with Crippen LogP contribution in [0.25, 0.3) is 0 Å². The minimum absolute atomic E-state index is 0.131. The second-order valence-electron chi connectivity index (χ2n) is 5.13. The number of methoxy groups -OCH3 is 3. The maximum atomic E-state index is 12.8. The summed E-state index contributed by atoms with van der Waals surface area (Å²) in [6.07, 6.45) is 1.21. The number of nitrogens with zero attached hydrogens (tertiary/aromatic N) is 1. The van der Waals surface area contributed by atoms with E-state index in [4.69, 9.17) is 14.2 Å². The lowest BCUT2D eigenvalue weighted by Gasteiger charge is -2.31. The predicted octanol–water partition coefficient (Wildman–Crippen LogP) is 1.73. The minimum atomic E-state index is -0.207. The summed E-state index contributed by atoms with van der Waals surface area (Å²) in [6.45, 7) is 1.03. The van der Waals surface area contributed by atoms with E-state index in [2.05, 4.69) is 0 Å². The summed E-state index contributed by atoms with van der Waals surface area (Å²) in [5, 5.41) is 0. The Labute approximate surface area is 129 Å². The van der Waals surface area contributed by atoms with E-state index in [-0.39, 0.29) is 17.8 Å². The molecule has 0 N–H and O–H groups in total. The Morgan fingerprint density at radius 2 is 1.59 bits per heavy atom. The van der Waals surface area contributed by atoms with Crippen molar-refractivity contribution in [2.75, 3.05) is 34.4 Å². The molecule has 0 spiro atoms. The van der Waals surface area contributed by atoms with Crippen molar-refractivity contribution in [1.82, 2.24) is 4.90 Å². The molecule has 1 saturated heterocycles. The fraction of sp³-hybridized carbons (Fsp3) is 0.500. The third-order valence-electron chi connectivity index (χ3n) is 3.96. The molecule has 0 radical (unpaired) electrons. The highest BCUT2D eigenvalue weighted by Crippen LogP contribution is 2.31. The van der Waals surface area contributed by atoms with Gasteiger partial charge in [0.2, 0.25) is 0 Å². The molecule has 120 valence electrons. The number of esters is 1. The Hall–Kier alpha value is -2.24. The molecule has 0 atom stereocenters. The van der Waals surface area contributed by atoms with E-state index in [1.807, 2.05) is 0 Å². The first-order chi connectivity index (χ1) is 10.6. The van der Waals surface area contributed by atoms with Crippen LogP contribution in [0.2, 0.25) is 0 Å². The fourth-order valence-electron chi connectivity index (χ4n) is 2.71. The summed E-state index contributed by atoms with van der Waals surface area (Å²) in [7, 11) is 4.43. The van der Waals surface area contributed by atoms with Gasteiger partial charge in [0.15, 0.2) is 0 Å². The molecule has 1 heterocycles. The van der Waals surface area contributed by atoms with Crippen molar-refractivity contribution in [3.8, 4) is 11.5 Å². The van der Waals surface area contributed by atoms with Crippen molar-refractivity contribution >= 4 is 11.9 Å². The van der Waals surface area contributed by atoms with Crippen molar-refractivity contribution < 1.29 is 23.8 Å². The molecule has 1 aliphatic rings. The largest absolute Gasteiger partial charge is 0.496 e. The van der Waals surface area contributed by atoms with Crippen molar-refractivity contribution in [3.05, 3.63) is 23.8 Å². The van der Waals surface area contributed by atoms with Crippen LogP contribution in [0, 0.1) is 5.92 Å². The highest BCUT2D eigenvalue weighted by molar-refractivity contribution is 5.99. The Morgan fingerprint density at radius 3 is 2.05 bits per heavy atom. The monoisotopic (exact) mass is 307 g/mol. The van der Waals surface area contributed by atoms with Crippen molar-refractivity contribution in [2.24, 2.45) is 5.92 Å². The molecule has 0 bridgehead atoms. The number of amides is 1. The van der Waals surface area contributed by atoms with Crippen molar-refractivity contribution in [1.29, 1.82) is 0 Å². The average Bonchev–Trinajstić information content (AvgIpc) is 2.59. The van der Waals surface area contributed by atoms with Crippen LogP contribution < -0.4 is 9.47 Å². The van der Waals surface area contributed by atoms with Gasteiger partial charge in [-0.25, -0.2) is 0 Å². The molecular formula is C16H21NO5. The maximum Gasteiger partial charge on any atom is 0.308 e. The highest BCUT2D eigenvalue weighted by Gasteiger charge is 2.30. The first kappa shape index (κ1) is 16.1. The molecule has 6 nitrogen and oxygen atoms in total. The number of benzene rings is 1. The Bertz CT molecular complexity index is 527. The number of rotatable bonds is 4. The zero-order chi connectivity index (χ0) is 16.1. The van der Waals surface area contributed by atoms with Gasteiger partial charge in [0.05, 0.1) is 27.2 Å². The SMILES string of the molecule is COC(=O)C1CCN(C(=O)c2c(OC)cccc2OC)CC1. The summed E-state index contributed by atoms with van der Waals surface area (Å²) in [4.78, 5) is 26.0. The van der Waals surface area contributed by atoms with Gasteiger partial charge >= 0.3 is 5.97 Å². The summed E-state index contributed by atoms with van der Waals surface area (Å²) in [6, 6.07) is 5.24. The lowest BCUT2D eigenvalue weighted by Crippen LogP contribution is -2.40. The quantitative estimate of drug-likeness (QED) is 0.793. The van der Waals surface area contributed by atoms with E-state index in [0.717, 1.165) is 0 Å². The van der Waals surface area contributed by atoms with E-state index < -0.39 is 0 Å². The van der Waals surface area contributed by atoms with Gasteiger partial charge < -0.3 is 19.1 Å². The summed E-state index contributed by atoms with van der Waals surface area (Å²) in [5.74, 6) is 0.493. The van der Waals surface area contributed by atoms with E-state index >= 15 is 0 Å². The number of piperidine rings is 1. The van der Waals surface area contributed by atoms with Crippen molar-refractivity contribution in [2.45, 2.75) is 12.8 Å². The van der Waals surface area contributed by atoms with Crippen LogP contribution in [-0.4, -0.2) is 51.2 Å². The number of likely N-dealkylation sites (tertiary alicyclic amines) is 1. The summed E-state index contributed by atoms with van der Waals surface area (Å²) >= 11 is 0. The standard InChI is InChI=1S/C16H21NO5/c1-20-12-5-4-6-13(21-2)14(12)15(18)17-9-7-11(8-10-17)16(19)22-3/h4-6,11H,7-10H2,1-3H3. The molecule has 0 unspecified atom stereocenters. The first-order valence-electron chi connectivity index (χ1n) is 7.20. The molecule has 1 aliphatic heterocycles. The Morgan fingerprint density at radius 1 is 1.05 bits per heavy atom. The third-order valence-corrected chi connectivity index (χ3v) is 3.96. The smallest absolute Gasteiger partial charge is 0.308 e. The van der Waals surface area contributed by atoms with E-state index in [1.165, 1.54) is 21.3 Å². The fourth-order valence-corrected chi connectivity index (χ4v) is 2.71. The normalized spacial score (nSPS) is 15.3. The lowest BCUT2D eigenvalue weighted by atomic mass is 9.96. The molecule has 1 aromatic carbocycles. The number of hydrogen-bond acceptors (Lipinski definition) is 5.